The lowest BCUT2D eigenvalue weighted by Crippen LogP contribution is -2.29. The molecular weight excluding hydrogens is 504 g/mol. The van der Waals surface area contributed by atoms with Crippen LogP contribution < -0.4 is 10.6 Å². The number of carbonyl (C=O) groups excluding carboxylic acids is 2. The van der Waals surface area contributed by atoms with Crippen LogP contribution in [0.5, 0.6) is 0 Å². The predicted octanol–water partition coefficient (Wildman–Crippen LogP) is 6.34. The molecule has 2 N–H and O–H groups in total. The third-order valence-electron chi connectivity index (χ3n) is 3.90. The maximum absolute atomic E-state index is 12.8. The maximum Gasteiger partial charge on any atom is 0.416 e. The van der Waals surface area contributed by atoms with Gasteiger partial charge in [-0.05, 0) is 36.4 Å². The highest BCUT2D eigenvalue weighted by atomic mass is 19.4. The van der Waals surface area contributed by atoms with Crippen molar-refractivity contribution in [3.05, 3.63) is 58.7 Å². The van der Waals surface area contributed by atoms with Crippen LogP contribution in [0.4, 0.5) is 64.1 Å². The lowest BCUT2D eigenvalue weighted by Gasteiger charge is -2.16. The second-order valence-electron chi connectivity index (χ2n) is 6.50. The summed E-state index contributed by atoms with van der Waals surface area (Å²) in [6.45, 7) is 0. The van der Waals surface area contributed by atoms with Gasteiger partial charge >= 0.3 is 36.5 Å². The molecule has 0 aliphatic carbocycles. The smallest absolute Gasteiger partial charge is 0.318 e. The first kappa shape index (κ1) is 26.8. The largest absolute Gasteiger partial charge is 0.416 e. The highest BCUT2D eigenvalue weighted by Crippen LogP contribution is 2.39. The number of amides is 2. The van der Waals surface area contributed by atoms with Crippen LogP contribution in [0.3, 0.4) is 0 Å². The molecule has 0 heterocycles. The van der Waals surface area contributed by atoms with Crippen molar-refractivity contribution < 1.29 is 62.3 Å². The highest BCUT2D eigenvalue weighted by molar-refractivity contribution is 6.43. The zero-order valence-electron chi connectivity index (χ0n) is 15.8. The number of carbonyl (C=O) groups is 2. The van der Waals surface area contributed by atoms with E-state index >= 15 is 0 Å². The van der Waals surface area contributed by atoms with Crippen LogP contribution in [0.1, 0.15) is 22.3 Å². The Balaban J connectivity index is 2.35. The summed E-state index contributed by atoms with van der Waals surface area (Å²) in [5.41, 5.74) is -9.75. The molecule has 0 fully saturated rings. The Morgan fingerprint density at radius 2 is 0.647 bits per heavy atom. The molecule has 4 nitrogen and oxygen atoms in total. The molecule has 0 aliphatic rings. The zero-order valence-corrected chi connectivity index (χ0v) is 15.8. The van der Waals surface area contributed by atoms with E-state index in [0.717, 1.165) is 0 Å². The second-order valence-corrected chi connectivity index (χ2v) is 6.50. The second kappa shape index (κ2) is 8.72. The van der Waals surface area contributed by atoms with Crippen LogP contribution in [0, 0.1) is 0 Å². The van der Waals surface area contributed by atoms with Crippen LogP contribution in [-0.4, -0.2) is 11.8 Å². The maximum atomic E-state index is 12.8. The average Bonchev–Trinajstić information content (AvgIpc) is 2.64. The SMILES string of the molecule is O=C(Nc1cc(C(F)(F)F)cc(C(F)(F)F)c1)C(=O)Nc1cc(C(F)(F)F)cc(C(F)(F)F)c1. The number of rotatable bonds is 2. The van der Waals surface area contributed by atoms with E-state index < -0.39 is 70.1 Å². The standard InChI is InChI=1S/C18H8F12N2O2/c19-15(20,21)7-1-8(16(22,23)24)4-11(3-7)31-13(33)14(34)32-12-5-9(17(25,26)27)2-10(6-12)18(28,29)30/h1-6H,(H,31,33)(H,32,34). The molecule has 16 heteroatoms. The fourth-order valence-electron chi connectivity index (χ4n) is 2.43. The third kappa shape index (κ3) is 6.77. The van der Waals surface area contributed by atoms with Crippen molar-refractivity contribution in [2.24, 2.45) is 0 Å². The molecule has 0 unspecified atom stereocenters. The molecule has 0 aromatic heterocycles. The minimum absolute atomic E-state index is 0.0342. The first-order valence-electron chi connectivity index (χ1n) is 8.39. The molecule has 2 rings (SSSR count). The van der Waals surface area contributed by atoms with Crippen molar-refractivity contribution in [1.82, 2.24) is 0 Å². The van der Waals surface area contributed by atoms with Gasteiger partial charge < -0.3 is 10.6 Å². The number of alkyl halides is 12. The van der Waals surface area contributed by atoms with Crippen molar-refractivity contribution in [3.63, 3.8) is 0 Å². The Bertz CT molecular complexity index is 946. The van der Waals surface area contributed by atoms with Gasteiger partial charge in [-0.3, -0.25) is 9.59 Å². The molecule has 0 aliphatic heterocycles. The lowest BCUT2D eigenvalue weighted by atomic mass is 10.1. The molecule has 0 spiro atoms. The summed E-state index contributed by atoms with van der Waals surface area (Å²) in [7, 11) is 0. The Labute approximate surface area is 180 Å². The van der Waals surface area contributed by atoms with Gasteiger partial charge in [0.05, 0.1) is 22.3 Å². The first-order chi connectivity index (χ1) is 15.2. The molecule has 34 heavy (non-hydrogen) atoms. The van der Waals surface area contributed by atoms with Crippen molar-refractivity contribution in [1.29, 1.82) is 0 Å². The van der Waals surface area contributed by atoms with Gasteiger partial charge in [-0.15, -0.1) is 0 Å². The van der Waals surface area contributed by atoms with Gasteiger partial charge in [0, 0.05) is 11.4 Å². The van der Waals surface area contributed by atoms with Crippen LogP contribution in [0.15, 0.2) is 36.4 Å². The van der Waals surface area contributed by atoms with Crippen LogP contribution in [0.25, 0.3) is 0 Å². The average molecular weight is 512 g/mol. The molecule has 0 saturated carbocycles. The van der Waals surface area contributed by atoms with Gasteiger partial charge in [0.15, 0.2) is 0 Å². The van der Waals surface area contributed by atoms with E-state index in [0.29, 0.717) is 0 Å². The minimum Gasteiger partial charge on any atom is -0.318 e. The van der Waals surface area contributed by atoms with Crippen molar-refractivity contribution in [3.8, 4) is 0 Å². The van der Waals surface area contributed by atoms with Gasteiger partial charge in [0.2, 0.25) is 0 Å². The Kier molecular flexibility index (Phi) is 6.87. The monoisotopic (exact) mass is 512 g/mol. The molecule has 0 radical (unpaired) electrons. The molecule has 2 amide bonds. The normalized spacial score (nSPS) is 12.9. The van der Waals surface area contributed by atoms with E-state index in [-0.39, 0.29) is 36.4 Å². The molecular formula is C18H8F12N2O2. The topological polar surface area (TPSA) is 58.2 Å². The molecule has 186 valence electrons. The Morgan fingerprint density at radius 3 is 0.824 bits per heavy atom. The summed E-state index contributed by atoms with van der Waals surface area (Å²) in [4.78, 5) is 23.7. The van der Waals surface area contributed by atoms with Gasteiger partial charge in [-0.1, -0.05) is 0 Å². The molecule has 0 bridgehead atoms. The van der Waals surface area contributed by atoms with Crippen molar-refractivity contribution >= 4 is 23.2 Å². The highest BCUT2D eigenvalue weighted by Gasteiger charge is 2.38. The molecule has 2 aromatic carbocycles. The van der Waals surface area contributed by atoms with E-state index in [9.17, 15) is 62.3 Å². The van der Waals surface area contributed by atoms with E-state index in [1.54, 1.807) is 0 Å². The fourth-order valence-corrected chi connectivity index (χ4v) is 2.43. The molecule has 0 atom stereocenters. The fraction of sp³-hybridized carbons (Fsp3) is 0.222. The minimum atomic E-state index is -5.30. The first-order valence-corrected chi connectivity index (χ1v) is 8.39. The summed E-state index contributed by atoms with van der Waals surface area (Å²) >= 11 is 0. The van der Waals surface area contributed by atoms with E-state index in [4.69, 9.17) is 0 Å². The van der Waals surface area contributed by atoms with Crippen LogP contribution in [0.2, 0.25) is 0 Å². The summed E-state index contributed by atoms with van der Waals surface area (Å²) in [6, 6.07) is -0.425. The molecule has 2 aromatic rings. The van der Waals surface area contributed by atoms with Crippen molar-refractivity contribution in [2.75, 3.05) is 10.6 Å². The van der Waals surface area contributed by atoms with E-state index in [2.05, 4.69) is 0 Å². The predicted molar refractivity (Wildman–Crippen MR) is 90.2 cm³/mol. The van der Waals surface area contributed by atoms with Gasteiger partial charge in [-0.2, -0.15) is 52.7 Å². The summed E-state index contributed by atoms with van der Waals surface area (Å²) in [5.74, 6) is -3.95. The number of halogens is 12. The number of nitrogens with one attached hydrogen (secondary N) is 2. The Hall–Kier alpha value is -3.46. The van der Waals surface area contributed by atoms with Crippen LogP contribution in [-0.2, 0) is 34.3 Å². The van der Waals surface area contributed by atoms with E-state index in [1.807, 2.05) is 0 Å². The van der Waals surface area contributed by atoms with Crippen LogP contribution >= 0.6 is 0 Å². The number of hydrogen-bond acceptors (Lipinski definition) is 2. The van der Waals surface area contributed by atoms with Gasteiger partial charge in [0.1, 0.15) is 0 Å². The number of benzene rings is 2. The lowest BCUT2D eigenvalue weighted by molar-refractivity contribution is -0.144. The molecule has 0 saturated heterocycles. The zero-order chi connectivity index (χ0) is 26.3. The number of hydrogen-bond donors (Lipinski definition) is 2. The van der Waals surface area contributed by atoms with Gasteiger partial charge in [0.25, 0.3) is 0 Å². The number of anilines is 2. The summed E-state index contributed by atoms with van der Waals surface area (Å²) < 4.78 is 154. The Morgan fingerprint density at radius 1 is 0.441 bits per heavy atom. The quantitative estimate of drug-likeness (QED) is 0.365. The van der Waals surface area contributed by atoms with Crippen molar-refractivity contribution in [2.45, 2.75) is 24.7 Å². The summed E-state index contributed by atoms with van der Waals surface area (Å²) in [6.07, 6.45) is -21.2. The van der Waals surface area contributed by atoms with Gasteiger partial charge in [-0.25, -0.2) is 0 Å². The summed E-state index contributed by atoms with van der Waals surface area (Å²) in [5, 5.41) is 2.76. The third-order valence-corrected chi connectivity index (χ3v) is 3.90. The van der Waals surface area contributed by atoms with E-state index in [1.165, 1.54) is 10.6 Å².